The summed E-state index contributed by atoms with van der Waals surface area (Å²) in [5.74, 6) is -0.582. The lowest BCUT2D eigenvalue weighted by Gasteiger charge is -1.95. The molecule has 0 bridgehead atoms. The van der Waals surface area contributed by atoms with Gasteiger partial charge >= 0.3 is 0 Å². The molecule has 58 valence electrons. The summed E-state index contributed by atoms with van der Waals surface area (Å²) in [5.41, 5.74) is 11.0. The van der Waals surface area contributed by atoms with Gasteiger partial charge in [-0.25, -0.2) is 4.98 Å². The smallest absolute Gasteiger partial charge is 0.268 e. The molecule has 0 radical (unpaired) electrons. The Kier molecular flexibility index (Phi) is 2.12. The molecule has 1 heterocycles. The average Bonchev–Trinajstić information content (AvgIpc) is 2.05. The molecule has 1 aromatic rings. The van der Waals surface area contributed by atoms with Gasteiger partial charge in [0.2, 0.25) is 0 Å². The van der Waals surface area contributed by atoms with E-state index in [2.05, 4.69) is 9.97 Å². The minimum Gasteiger partial charge on any atom is -0.364 e. The normalized spacial score (nSPS) is 9.55. The number of nitrogens with two attached hydrogens (primary N) is 2. The van der Waals surface area contributed by atoms with Crippen LogP contribution in [0.4, 0.5) is 0 Å². The van der Waals surface area contributed by atoms with Gasteiger partial charge in [0.15, 0.2) is 0 Å². The maximum Gasteiger partial charge on any atom is 0.268 e. The molecule has 5 nitrogen and oxygen atoms in total. The van der Waals surface area contributed by atoms with Crippen molar-refractivity contribution in [2.24, 2.45) is 11.5 Å². The first kappa shape index (κ1) is 7.62. The van der Waals surface area contributed by atoms with Gasteiger partial charge in [0.25, 0.3) is 5.91 Å². The molecule has 0 unspecified atom stereocenters. The summed E-state index contributed by atoms with van der Waals surface area (Å²) in [6, 6.07) is 0. The van der Waals surface area contributed by atoms with Crippen molar-refractivity contribution < 1.29 is 4.79 Å². The molecule has 0 aromatic carbocycles. The van der Waals surface area contributed by atoms with Crippen molar-refractivity contribution in [1.82, 2.24) is 9.97 Å². The lowest BCUT2D eigenvalue weighted by atomic mass is 10.4. The molecule has 5 heteroatoms. The number of primary amides is 1. The lowest BCUT2D eigenvalue weighted by molar-refractivity contribution is 0.0995. The number of amides is 1. The fourth-order valence-electron chi connectivity index (χ4n) is 0.587. The number of aromatic nitrogens is 2. The summed E-state index contributed by atoms with van der Waals surface area (Å²) < 4.78 is 0. The number of hydrogen-bond donors (Lipinski definition) is 2. The Labute approximate surface area is 63.4 Å². The van der Waals surface area contributed by atoms with Crippen LogP contribution in [0.3, 0.4) is 0 Å². The zero-order valence-electron chi connectivity index (χ0n) is 5.82. The van der Waals surface area contributed by atoms with Crippen LogP contribution in [0.2, 0.25) is 0 Å². The van der Waals surface area contributed by atoms with Gasteiger partial charge in [-0.3, -0.25) is 9.78 Å². The fourth-order valence-corrected chi connectivity index (χ4v) is 0.587. The maximum absolute atomic E-state index is 10.5. The molecule has 0 saturated carbocycles. The molecule has 4 N–H and O–H groups in total. The van der Waals surface area contributed by atoms with E-state index in [4.69, 9.17) is 11.5 Å². The topological polar surface area (TPSA) is 94.9 Å². The van der Waals surface area contributed by atoms with E-state index in [1.165, 1.54) is 12.4 Å². The molecule has 0 aliphatic heterocycles. The van der Waals surface area contributed by atoms with E-state index in [-0.39, 0.29) is 5.69 Å². The molecule has 0 saturated heterocycles. The van der Waals surface area contributed by atoms with Crippen molar-refractivity contribution in [3.05, 3.63) is 23.8 Å². The fraction of sp³-hybridized carbons (Fsp3) is 0.167. The van der Waals surface area contributed by atoms with Crippen LogP contribution < -0.4 is 11.5 Å². The average molecular weight is 152 g/mol. The summed E-state index contributed by atoms with van der Waals surface area (Å²) in [6.45, 7) is 0.312. The van der Waals surface area contributed by atoms with Crippen LogP contribution in [0.25, 0.3) is 0 Å². The zero-order valence-corrected chi connectivity index (χ0v) is 5.82. The number of rotatable bonds is 2. The SMILES string of the molecule is NCc1cnc(C(N)=O)cn1. The third-order valence-electron chi connectivity index (χ3n) is 1.17. The predicted octanol–water partition coefficient (Wildman–Crippen LogP) is -0.966. The van der Waals surface area contributed by atoms with E-state index in [0.717, 1.165) is 0 Å². The van der Waals surface area contributed by atoms with E-state index in [0.29, 0.717) is 12.2 Å². The molecular formula is C6H8N4O. The van der Waals surface area contributed by atoms with Crippen molar-refractivity contribution in [3.63, 3.8) is 0 Å². The van der Waals surface area contributed by atoms with Crippen molar-refractivity contribution >= 4 is 5.91 Å². The molecule has 0 aliphatic carbocycles. The Bertz CT molecular complexity index is 256. The summed E-state index contributed by atoms with van der Waals surface area (Å²) in [4.78, 5) is 18.1. The van der Waals surface area contributed by atoms with Crippen molar-refractivity contribution in [3.8, 4) is 0 Å². The van der Waals surface area contributed by atoms with Crippen LogP contribution in [0, 0.1) is 0 Å². The molecule has 1 amide bonds. The number of carbonyl (C=O) groups excluding carboxylic acids is 1. The van der Waals surface area contributed by atoms with Crippen molar-refractivity contribution in [2.45, 2.75) is 6.54 Å². The minimum absolute atomic E-state index is 0.155. The van der Waals surface area contributed by atoms with Gasteiger partial charge in [0, 0.05) is 6.54 Å². The Morgan fingerprint density at radius 1 is 1.45 bits per heavy atom. The molecular weight excluding hydrogens is 144 g/mol. The van der Waals surface area contributed by atoms with Crippen molar-refractivity contribution in [1.29, 1.82) is 0 Å². The van der Waals surface area contributed by atoms with Crippen LogP contribution in [0.5, 0.6) is 0 Å². The monoisotopic (exact) mass is 152 g/mol. The van der Waals surface area contributed by atoms with Crippen LogP contribution in [-0.2, 0) is 6.54 Å². The summed E-state index contributed by atoms with van der Waals surface area (Å²) in [5, 5.41) is 0. The summed E-state index contributed by atoms with van der Waals surface area (Å²) >= 11 is 0. The third kappa shape index (κ3) is 1.71. The van der Waals surface area contributed by atoms with Gasteiger partial charge in [0.1, 0.15) is 5.69 Å². The number of carbonyl (C=O) groups is 1. The van der Waals surface area contributed by atoms with E-state index >= 15 is 0 Å². The van der Waals surface area contributed by atoms with E-state index < -0.39 is 5.91 Å². The van der Waals surface area contributed by atoms with Crippen LogP contribution in [-0.4, -0.2) is 15.9 Å². The highest BCUT2D eigenvalue weighted by molar-refractivity contribution is 5.90. The second-order valence-electron chi connectivity index (χ2n) is 1.96. The van der Waals surface area contributed by atoms with Crippen LogP contribution in [0.1, 0.15) is 16.2 Å². The van der Waals surface area contributed by atoms with E-state index in [9.17, 15) is 4.79 Å². The summed E-state index contributed by atoms with van der Waals surface area (Å²) in [6.07, 6.45) is 2.74. The van der Waals surface area contributed by atoms with Crippen LogP contribution >= 0.6 is 0 Å². The lowest BCUT2D eigenvalue weighted by Crippen LogP contribution is -2.14. The molecule has 11 heavy (non-hydrogen) atoms. The Balaban J connectivity index is 2.91. The Morgan fingerprint density at radius 3 is 2.55 bits per heavy atom. The van der Waals surface area contributed by atoms with Crippen LogP contribution in [0.15, 0.2) is 12.4 Å². The van der Waals surface area contributed by atoms with Gasteiger partial charge < -0.3 is 11.5 Å². The Morgan fingerprint density at radius 2 is 2.18 bits per heavy atom. The highest BCUT2D eigenvalue weighted by atomic mass is 16.1. The zero-order chi connectivity index (χ0) is 8.27. The predicted molar refractivity (Wildman–Crippen MR) is 38.4 cm³/mol. The standard InChI is InChI=1S/C6H8N4O/c7-1-4-2-10-5(3-9-4)6(8)11/h2-3H,1,7H2,(H2,8,11). The third-order valence-corrected chi connectivity index (χ3v) is 1.17. The van der Waals surface area contributed by atoms with Gasteiger partial charge in [-0.15, -0.1) is 0 Å². The molecule has 1 rings (SSSR count). The molecule has 0 aliphatic rings. The van der Waals surface area contributed by atoms with Gasteiger partial charge in [0.05, 0.1) is 18.1 Å². The first-order chi connectivity index (χ1) is 5.24. The molecule has 1 aromatic heterocycles. The molecule has 0 spiro atoms. The van der Waals surface area contributed by atoms with Gasteiger partial charge in [-0.1, -0.05) is 0 Å². The number of hydrogen-bond acceptors (Lipinski definition) is 4. The number of nitrogens with zero attached hydrogens (tertiary/aromatic N) is 2. The first-order valence-corrected chi connectivity index (χ1v) is 3.05. The van der Waals surface area contributed by atoms with Gasteiger partial charge in [-0.2, -0.15) is 0 Å². The highest BCUT2D eigenvalue weighted by Crippen LogP contribution is 1.92. The first-order valence-electron chi connectivity index (χ1n) is 3.05. The second kappa shape index (κ2) is 3.07. The molecule has 0 fully saturated rings. The second-order valence-corrected chi connectivity index (χ2v) is 1.96. The highest BCUT2D eigenvalue weighted by Gasteiger charge is 2.00. The maximum atomic E-state index is 10.5. The largest absolute Gasteiger partial charge is 0.364 e. The Hall–Kier alpha value is -1.49. The quantitative estimate of drug-likeness (QED) is 0.570. The van der Waals surface area contributed by atoms with E-state index in [1.54, 1.807) is 0 Å². The van der Waals surface area contributed by atoms with Crippen molar-refractivity contribution in [2.75, 3.05) is 0 Å². The minimum atomic E-state index is -0.582. The molecule has 0 atom stereocenters. The van der Waals surface area contributed by atoms with Gasteiger partial charge in [-0.05, 0) is 0 Å². The summed E-state index contributed by atoms with van der Waals surface area (Å²) in [7, 11) is 0. The van der Waals surface area contributed by atoms with E-state index in [1.807, 2.05) is 0 Å².